The molecule has 5 heteroatoms. The molecule has 1 amide bonds. The summed E-state index contributed by atoms with van der Waals surface area (Å²) in [6.45, 7) is 5.90. The van der Waals surface area contributed by atoms with Gasteiger partial charge in [0.2, 0.25) is 0 Å². The Kier molecular flexibility index (Phi) is 6.32. The maximum atomic E-state index is 12.5. The second-order valence-electron chi connectivity index (χ2n) is 7.16. The zero-order chi connectivity index (χ0) is 19.4. The van der Waals surface area contributed by atoms with Crippen LogP contribution in [0.4, 0.5) is 5.69 Å². The zero-order valence-electron chi connectivity index (χ0n) is 16.2. The maximum Gasteiger partial charge on any atom is 0.349 e. The molecule has 0 spiro atoms. The van der Waals surface area contributed by atoms with Crippen LogP contribution in [0.15, 0.2) is 30.3 Å². The number of amides is 1. The van der Waals surface area contributed by atoms with E-state index in [0.717, 1.165) is 19.3 Å². The smallest absolute Gasteiger partial charge is 0.349 e. The van der Waals surface area contributed by atoms with Gasteiger partial charge in [0.1, 0.15) is 4.88 Å². The normalized spacial score (nSPS) is 17.1. The van der Waals surface area contributed by atoms with Crippen molar-refractivity contribution < 1.29 is 14.3 Å². The number of thiophene rings is 1. The first kappa shape index (κ1) is 19.6. The standard InChI is InChI=1S/C22H27NO3S/c1-4-15-6-9-18(10-7-15)23-21(24)14(3)26-22(25)20-13-17-12-16(5-2)8-11-19(17)27-20/h6-7,9-10,13-14,16H,4-5,8,11-12H2,1-3H3,(H,23,24)/t14-,16+/m0/s1. The van der Waals surface area contributed by atoms with Gasteiger partial charge in [-0.25, -0.2) is 4.79 Å². The molecule has 0 unspecified atom stereocenters. The van der Waals surface area contributed by atoms with Gasteiger partial charge < -0.3 is 10.1 Å². The molecule has 27 heavy (non-hydrogen) atoms. The molecule has 1 aliphatic rings. The minimum absolute atomic E-state index is 0.319. The minimum atomic E-state index is -0.842. The lowest BCUT2D eigenvalue weighted by Gasteiger charge is -2.19. The van der Waals surface area contributed by atoms with Crippen LogP contribution in [0, 0.1) is 5.92 Å². The van der Waals surface area contributed by atoms with Crippen molar-refractivity contribution in [3.8, 4) is 0 Å². The summed E-state index contributed by atoms with van der Waals surface area (Å²) in [5, 5.41) is 2.80. The van der Waals surface area contributed by atoms with E-state index in [2.05, 4.69) is 19.2 Å². The van der Waals surface area contributed by atoms with Gasteiger partial charge in [-0.2, -0.15) is 0 Å². The summed E-state index contributed by atoms with van der Waals surface area (Å²) in [5.41, 5.74) is 3.19. The molecule has 1 N–H and O–H groups in total. The number of anilines is 1. The molecule has 1 aromatic heterocycles. The fourth-order valence-electron chi connectivity index (χ4n) is 3.39. The van der Waals surface area contributed by atoms with Crippen molar-refractivity contribution in [2.75, 3.05) is 5.32 Å². The second kappa shape index (κ2) is 8.70. The van der Waals surface area contributed by atoms with Crippen molar-refractivity contribution >= 4 is 28.9 Å². The van der Waals surface area contributed by atoms with Gasteiger partial charge in [0.25, 0.3) is 5.91 Å². The highest BCUT2D eigenvalue weighted by Crippen LogP contribution is 2.34. The predicted molar refractivity (Wildman–Crippen MR) is 109 cm³/mol. The lowest BCUT2D eigenvalue weighted by Crippen LogP contribution is -2.29. The highest BCUT2D eigenvalue weighted by atomic mass is 32.1. The summed E-state index contributed by atoms with van der Waals surface area (Å²) in [6.07, 6.45) is 4.55. The Morgan fingerprint density at radius 1 is 1.26 bits per heavy atom. The summed E-state index contributed by atoms with van der Waals surface area (Å²) in [7, 11) is 0. The first-order valence-electron chi connectivity index (χ1n) is 9.72. The van der Waals surface area contributed by atoms with Gasteiger partial charge in [-0.15, -0.1) is 11.3 Å². The van der Waals surface area contributed by atoms with Crippen molar-refractivity contribution in [1.82, 2.24) is 0 Å². The number of carbonyl (C=O) groups excluding carboxylic acids is 2. The Balaban J connectivity index is 1.58. The van der Waals surface area contributed by atoms with Crippen LogP contribution in [0.25, 0.3) is 0 Å². The number of nitrogens with one attached hydrogen (secondary N) is 1. The van der Waals surface area contributed by atoms with E-state index >= 15 is 0 Å². The topological polar surface area (TPSA) is 55.4 Å². The van der Waals surface area contributed by atoms with E-state index in [1.165, 1.54) is 40.2 Å². The van der Waals surface area contributed by atoms with Crippen LogP contribution in [0.3, 0.4) is 0 Å². The average molecular weight is 386 g/mol. The van der Waals surface area contributed by atoms with Crippen molar-refractivity contribution in [3.63, 3.8) is 0 Å². The largest absolute Gasteiger partial charge is 0.448 e. The van der Waals surface area contributed by atoms with Crippen LogP contribution in [-0.4, -0.2) is 18.0 Å². The third-order valence-electron chi connectivity index (χ3n) is 5.25. The first-order chi connectivity index (χ1) is 13.0. The van der Waals surface area contributed by atoms with Crippen LogP contribution in [0.1, 0.15) is 59.3 Å². The summed E-state index contributed by atoms with van der Waals surface area (Å²) < 4.78 is 5.41. The molecule has 1 aromatic carbocycles. The number of rotatable bonds is 6. The molecule has 0 saturated carbocycles. The number of hydrogen-bond acceptors (Lipinski definition) is 4. The van der Waals surface area contributed by atoms with Crippen LogP contribution in [-0.2, 0) is 28.8 Å². The van der Waals surface area contributed by atoms with Crippen molar-refractivity contribution in [1.29, 1.82) is 0 Å². The number of aryl methyl sites for hydroxylation is 2. The quantitative estimate of drug-likeness (QED) is 0.711. The van der Waals surface area contributed by atoms with Gasteiger partial charge in [0, 0.05) is 10.6 Å². The molecule has 0 fully saturated rings. The lowest BCUT2D eigenvalue weighted by atomic mass is 9.87. The Morgan fingerprint density at radius 2 is 2.00 bits per heavy atom. The fraction of sp³-hybridized carbons (Fsp3) is 0.455. The third kappa shape index (κ3) is 4.78. The molecule has 2 aromatic rings. The molecule has 4 nitrogen and oxygen atoms in total. The van der Waals surface area contributed by atoms with E-state index in [1.807, 2.05) is 30.3 Å². The summed E-state index contributed by atoms with van der Waals surface area (Å²) in [6, 6.07) is 9.64. The molecule has 0 radical (unpaired) electrons. The summed E-state index contributed by atoms with van der Waals surface area (Å²) >= 11 is 1.51. The van der Waals surface area contributed by atoms with Crippen molar-refractivity contribution in [2.45, 2.75) is 59.0 Å². The Morgan fingerprint density at radius 3 is 2.67 bits per heavy atom. The fourth-order valence-corrected chi connectivity index (χ4v) is 4.48. The minimum Gasteiger partial charge on any atom is -0.448 e. The van der Waals surface area contributed by atoms with Crippen LogP contribution in [0.5, 0.6) is 0 Å². The van der Waals surface area contributed by atoms with Crippen LogP contribution < -0.4 is 5.32 Å². The van der Waals surface area contributed by atoms with Gasteiger partial charge in [-0.1, -0.05) is 32.4 Å². The average Bonchev–Trinajstić information content (AvgIpc) is 3.11. The molecule has 3 rings (SSSR count). The lowest BCUT2D eigenvalue weighted by molar-refractivity contribution is -0.123. The molecule has 0 saturated heterocycles. The first-order valence-corrected chi connectivity index (χ1v) is 10.5. The maximum absolute atomic E-state index is 12.5. The predicted octanol–water partition coefficient (Wildman–Crippen LogP) is 5.01. The number of carbonyl (C=O) groups is 2. The van der Waals surface area contributed by atoms with Crippen molar-refractivity contribution in [2.24, 2.45) is 5.92 Å². The number of benzene rings is 1. The monoisotopic (exact) mass is 385 g/mol. The highest BCUT2D eigenvalue weighted by Gasteiger charge is 2.25. The SMILES string of the molecule is CCc1ccc(NC(=O)[C@H](C)OC(=O)c2cc3c(s2)CC[C@@H](CC)C3)cc1. The number of hydrogen-bond donors (Lipinski definition) is 1. The van der Waals surface area contributed by atoms with E-state index in [0.29, 0.717) is 16.5 Å². The molecule has 1 aliphatic carbocycles. The van der Waals surface area contributed by atoms with E-state index < -0.39 is 12.1 Å². The third-order valence-corrected chi connectivity index (χ3v) is 6.46. The Bertz CT molecular complexity index is 809. The van der Waals surface area contributed by atoms with E-state index in [9.17, 15) is 9.59 Å². The molecule has 144 valence electrons. The summed E-state index contributed by atoms with van der Waals surface area (Å²) in [5.74, 6) is -0.0221. The molecular weight excluding hydrogens is 358 g/mol. The van der Waals surface area contributed by atoms with Gasteiger partial charge in [0.05, 0.1) is 0 Å². The number of fused-ring (bicyclic) bond motifs is 1. The highest BCUT2D eigenvalue weighted by molar-refractivity contribution is 7.14. The zero-order valence-corrected chi connectivity index (χ0v) is 17.0. The van der Waals surface area contributed by atoms with Gasteiger partial charge in [-0.3, -0.25) is 4.79 Å². The van der Waals surface area contributed by atoms with Gasteiger partial charge in [-0.05, 0) is 67.9 Å². The Hall–Kier alpha value is -2.14. The van der Waals surface area contributed by atoms with Gasteiger partial charge >= 0.3 is 5.97 Å². The van der Waals surface area contributed by atoms with E-state index in [1.54, 1.807) is 6.92 Å². The van der Waals surface area contributed by atoms with E-state index in [-0.39, 0.29) is 5.91 Å². The molecular formula is C22H27NO3S. The molecule has 1 heterocycles. The van der Waals surface area contributed by atoms with Crippen LogP contribution in [0.2, 0.25) is 0 Å². The van der Waals surface area contributed by atoms with Crippen molar-refractivity contribution in [3.05, 3.63) is 51.2 Å². The van der Waals surface area contributed by atoms with Gasteiger partial charge in [0.15, 0.2) is 6.10 Å². The number of ether oxygens (including phenoxy) is 1. The summed E-state index contributed by atoms with van der Waals surface area (Å²) in [4.78, 5) is 26.7. The molecule has 0 aliphatic heterocycles. The molecule has 0 bridgehead atoms. The van der Waals surface area contributed by atoms with Crippen LogP contribution >= 0.6 is 11.3 Å². The second-order valence-corrected chi connectivity index (χ2v) is 8.30. The number of esters is 1. The van der Waals surface area contributed by atoms with E-state index in [4.69, 9.17) is 4.74 Å². The molecule has 2 atom stereocenters. The Labute approximate surface area is 164 Å².